The largest absolute Gasteiger partial charge is 0.383 e. The molecule has 1 amide bonds. The zero-order chi connectivity index (χ0) is 17.6. The zero-order valence-electron chi connectivity index (χ0n) is 14.0. The van der Waals surface area contributed by atoms with E-state index in [1.165, 1.54) is 0 Å². The molecule has 1 aromatic carbocycles. The van der Waals surface area contributed by atoms with E-state index in [-0.39, 0.29) is 5.91 Å². The van der Waals surface area contributed by atoms with Gasteiger partial charge in [0.05, 0.1) is 5.57 Å². The number of aryl methyl sites for hydroxylation is 1. The topological polar surface area (TPSA) is 66.0 Å². The maximum absolute atomic E-state index is 12.4. The number of carbonyl (C=O) groups excluding carboxylic acids is 1. The van der Waals surface area contributed by atoms with Gasteiger partial charge in [-0.15, -0.1) is 0 Å². The lowest BCUT2D eigenvalue weighted by Crippen LogP contribution is -2.39. The molecule has 0 unspecified atom stereocenters. The van der Waals surface area contributed by atoms with Crippen molar-refractivity contribution >= 4 is 28.8 Å². The Kier molecular flexibility index (Phi) is 5.40. The van der Waals surface area contributed by atoms with E-state index in [2.05, 4.69) is 20.9 Å². The van der Waals surface area contributed by atoms with E-state index in [1.54, 1.807) is 6.20 Å². The first kappa shape index (κ1) is 17.1. The highest BCUT2D eigenvalue weighted by Gasteiger charge is 2.24. The third kappa shape index (κ3) is 4.22. The lowest BCUT2D eigenvalue weighted by molar-refractivity contribution is -0.117. The second-order valence-corrected chi connectivity index (χ2v) is 6.24. The first-order valence-electron chi connectivity index (χ1n) is 8.16. The number of carbonyl (C=O) groups is 1. The number of amides is 1. The Bertz CT molecular complexity index is 817. The van der Waals surface area contributed by atoms with Crippen molar-refractivity contribution < 1.29 is 4.79 Å². The molecule has 3 rings (SSSR count). The zero-order valence-corrected chi connectivity index (χ0v) is 14.8. The first-order chi connectivity index (χ1) is 12.1. The number of aromatic nitrogens is 1. The molecule has 3 N–H and O–H groups in total. The van der Waals surface area contributed by atoms with Gasteiger partial charge in [0.25, 0.3) is 5.91 Å². The normalized spacial score (nSPS) is 14.0. The molecule has 0 fully saturated rings. The number of anilines is 1. The molecule has 0 saturated heterocycles. The van der Waals surface area contributed by atoms with Gasteiger partial charge >= 0.3 is 0 Å². The van der Waals surface area contributed by atoms with Crippen LogP contribution in [-0.4, -0.2) is 22.4 Å². The van der Waals surface area contributed by atoms with E-state index in [9.17, 15) is 4.79 Å². The summed E-state index contributed by atoms with van der Waals surface area (Å²) in [5.41, 5.74) is 4.50. The van der Waals surface area contributed by atoms with Gasteiger partial charge in [-0.05, 0) is 36.2 Å². The minimum atomic E-state index is -0.145. The van der Waals surface area contributed by atoms with E-state index in [0.717, 1.165) is 28.9 Å². The highest BCUT2D eigenvalue weighted by molar-refractivity contribution is 7.81. The fourth-order valence-electron chi connectivity index (χ4n) is 2.69. The van der Waals surface area contributed by atoms with Crippen molar-refractivity contribution in [3.63, 3.8) is 0 Å². The second kappa shape index (κ2) is 7.90. The van der Waals surface area contributed by atoms with Crippen LogP contribution in [-0.2, 0) is 11.3 Å². The second-order valence-electron chi connectivity index (χ2n) is 5.84. The molecule has 5 nitrogen and oxygen atoms in total. The Morgan fingerprint density at radius 1 is 1.28 bits per heavy atom. The van der Waals surface area contributed by atoms with Crippen molar-refractivity contribution in [3.05, 3.63) is 71.2 Å². The quantitative estimate of drug-likeness (QED) is 0.722. The molecular weight excluding hydrogens is 332 g/mol. The number of thiocarbonyl (C=S) groups is 1. The van der Waals surface area contributed by atoms with Gasteiger partial charge in [-0.1, -0.05) is 30.4 Å². The third-order valence-corrected chi connectivity index (χ3v) is 4.38. The van der Waals surface area contributed by atoms with Crippen LogP contribution in [0.15, 0.2) is 60.1 Å². The molecule has 2 heterocycles. The minimum absolute atomic E-state index is 0.145. The molecule has 1 aliphatic heterocycles. The van der Waals surface area contributed by atoms with Crippen LogP contribution < -0.4 is 16.0 Å². The summed E-state index contributed by atoms with van der Waals surface area (Å²) in [6, 6.07) is 11.6. The number of hydrogen-bond acceptors (Lipinski definition) is 4. The van der Waals surface area contributed by atoms with E-state index >= 15 is 0 Å². The monoisotopic (exact) mass is 352 g/mol. The van der Waals surface area contributed by atoms with Crippen molar-refractivity contribution in [2.75, 3.05) is 11.9 Å². The molecule has 1 aromatic heterocycles. The summed E-state index contributed by atoms with van der Waals surface area (Å²) in [6.07, 6.45) is 4.33. The maximum atomic E-state index is 12.4. The number of rotatable bonds is 5. The van der Waals surface area contributed by atoms with Crippen molar-refractivity contribution in [1.82, 2.24) is 15.6 Å². The smallest absolute Gasteiger partial charge is 0.256 e. The molecule has 25 heavy (non-hydrogen) atoms. The number of nitrogens with zero attached hydrogens (tertiary/aromatic N) is 1. The van der Waals surface area contributed by atoms with Gasteiger partial charge in [0.1, 0.15) is 4.99 Å². The van der Waals surface area contributed by atoms with E-state index in [1.807, 2.05) is 49.5 Å². The van der Waals surface area contributed by atoms with Gasteiger partial charge in [-0.25, -0.2) is 0 Å². The summed E-state index contributed by atoms with van der Waals surface area (Å²) in [7, 11) is 0. The van der Waals surface area contributed by atoms with Gasteiger partial charge in [-0.2, -0.15) is 0 Å². The Morgan fingerprint density at radius 2 is 2.08 bits per heavy atom. The molecule has 0 atom stereocenters. The van der Waals surface area contributed by atoms with Crippen molar-refractivity contribution in [1.29, 1.82) is 0 Å². The van der Waals surface area contributed by atoms with Crippen LogP contribution in [0.3, 0.4) is 0 Å². The lowest BCUT2D eigenvalue weighted by Gasteiger charge is -2.23. The standard InChI is InChI=1S/C19H20N4OS/c1-13-11-20-9-7-14(13)12-22-16-8-10-21-18(24)17(16)19(25)23-15-5-3-2-4-6-15/h2-7,9,11,22H,8,10,12H2,1H3,(H,21,24)(H,23,25). The average Bonchev–Trinajstić information content (AvgIpc) is 2.62. The predicted molar refractivity (Wildman–Crippen MR) is 103 cm³/mol. The number of nitrogens with one attached hydrogen (secondary N) is 3. The van der Waals surface area contributed by atoms with Gasteiger partial charge < -0.3 is 16.0 Å². The van der Waals surface area contributed by atoms with Crippen LogP contribution in [0.1, 0.15) is 17.5 Å². The molecule has 0 saturated carbocycles. The molecule has 0 aliphatic carbocycles. The Hall–Kier alpha value is -2.73. The number of para-hydroxylation sites is 1. The molecule has 2 aromatic rings. The summed E-state index contributed by atoms with van der Waals surface area (Å²) in [4.78, 5) is 16.9. The van der Waals surface area contributed by atoms with Gasteiger partial charge in [0.2, 0.25) is 0 Å². The summed E-state index contributed by atoms with van der Waals surface area (Å²) >= 11 is 5.49. The van der Waals surface area contributed by atoms with Crippen LogP contribution >= 0.6 is 12.2 Å². The first-order valence-corrected chi connectivity index (χ1v) is 8.57. The average molecular weight is 352 g/mol. The number of pyridine rings is 1. The minimum Gasteiger partial charge on any atom is -0.383 e. The lowest BCUT2D eigenvalue weighted by atomic mass is 10.1. The summed E-state index contributed by atoms with van der Waals surface area (Å²) in [6.45, 7) is 3.26. The summed E-state index contributed by atoms with van der Waals surface area (Å²) < 4.78 is 0. The Labute approximate surface area is 152 Å². The van der Waals surface area contributed by atoms with Crippen molar-refractivity contribution in [2.45, 2.75) is 19.9 Å². The third-order valence-electron chi connectivity index (χ3n) is 4.08. The molecule has 1 aliphatic rings. The molecule has 0 spiro atoms. The Morgan fingerprint density at radius 3 is 2.84 bits per heavy atom. The van der Waals surface area contributed by atoms with E-state index in [4.69, 9.17) is 12.2 Å². The van der Waals surface area contributed by atoms with Crippen molar-refractivity contribution in [2.24, 2.45) is 0 Å². The van der Waals surface area contributed by atoms with Crippen LogP contribution in [0.2, 0.25) is 0 Å². The SMILES string of the molecule is Cc1cnccc1CNC1=C(C(=S)Nc2ccccc2)C(=O)NCC1. The fraction of sp³-hybridized carbons (Fsp3) is 0.211. The van der Waals surface area contributed by atoms with Gasteiger partial charge in [-0.3, -0.25) is 9.78 Å². The molecule has 0 radical (unpaired) electrons. The van der Waals surface area contributed by atoms with Crippen LogP contribution in [0.25, 0.3) is 0 Å². The van der Waals surface area contributed by atoms with Crippen LogP contribution in [0, 0.1) is 6.92 Å². The summed E-state index contributed by atoms with van der Waals surface area (Å²) in [5.74, 6) is -0.145. The van der Waals surface area contributed by atoms with Crippen molar-refractivity contribution in [3.8, 4) is 0 Å². The highest BCUT2D eigenvalue weighted by Crippen LogP contribution is 2.17. The maximum Gasteiger partial charge on any atom is 0.256 e. The molecule has 6 heteroatoms. The number of benzene rings is 1. The fourth-order valence-corrected chi connectivity index (χ4v) is 3.02. The van der Waals surface area contributed by atoms with Crippen LogP contribution in [0.5, 0.6) is 0 Å². The van der Waals surface area contributed by atoms with Gasteiger partial charge in [0.15, 0.2) is 0 Å². The van der Waals surface area contributed by atoms with Crippen LogP contribution in [0.4, 0.5) is 5.69 Å². The molecule has 128 valence electrons. The van der Waals surface area contributed by atoms with E-state index in [0.29, 0.717) is 23.7 Å². The molecule has 0 bridgehead atoms. The van der Waals surface area contributed by atoms with Gasteiger partial charge in [0, 0.05) is 43.3 Å². The highest BCUT2D eigenvalue weighted by atomic mass is 32.1. The molecular formula is C19H20N4OS. The Balaban J connectivity index is 1.79. The predicted octanol–water partition coefficient (Wildman–Crippen LogP) is 2.69. The summed E-state index contributed by atoms with van der Waals surface area (Å²) in [5, 5.41) is 9.40. The van der Waals surface area contributed by atoms with E-state index < -0.39 is 0 Å². The number of hydrogen-bond donors (Lipinski definition) is 3.